The molecule has 1 aromatic carbocycles. The molecule has 108 valence electrons. The van der Waals surface area contributed by atoms with Crippen LogP contribution < -0.4 is 0 Å². The number of nitrogens with zero attached hydrogens (tertiary/aromatic N) is 4. The average molecular weight is 288 g/mol. The van der Waals surface area contributed by atoms with Crippen molar-refractivity contribution >= 4 is 11.4 Å². The molecule has 1 heterocycles. The number of rotatable bonds is 2. The summed E-state index contributed by atoms with van der Waals surface area (Å²) < 4.78 is 0.915. The van der Waals surface area contributed by atoms with Gasteiger partial charge in [-0.25, -0.2) is 4.98 Å². The highest BCUT2D eigenvalue weighted by Gasteiger charge is 2.26. The normalized spacial score (nSPS) is 15.9. The van der Waals surface area contributed by atoms with Gasteiger partial charge in [0.15, 0.2) is 5.82 Å². The summed E-state index contributed by atoms with van der Waals surface area (Å²) in [5.74, 6) is 0.201. The molecule has 0 saturated heterocycles. The average Bonchev–Trinajstić information content (AvgIpc) is 2.85. The van der Waals surface area contributed by atoms with Crippen LogP contribution >= 0.6 is 0 Å². The van der Waals surface area contributed by atoms with E-state index < -0.39 is 4.92 Å². The topological polar surface area (TPSA) is 114 Å². The number of non-ortho nitro benzene ring substituents is 1. The zero-order valence-corrected chi connectivity index (χ0v) is 10.9. The molecule has 0 aliphatic heterocycles. The van der Waals surface area contributed by atoms with Crippen molar-refractivity contribution in [2.75, 3.05) is 0 Å². The van der Waals surface area contributed by atoms with Gasteiger partial charge >= 0.3 is 0 Å². The molecule has 8 heteroatoms. The van der Waals surface area contributed by atoms with Crippen molar-refractivity contribution in [1.82, 2.24) is 9.71 Å². The molecule has 0 fully saturated rings. The lowest BCUT2D eigenvalue weighted by atomic mass is 9.99. The molecule has 0 radical (unpaired) electrons. The Morgan fingerprint density at radius 2 is 2.19 bits per heavy atom. The lowest BCUT2D eigenvalue weighted by Crippen LogP contribution is -2.13. The second-order valence-corrected chi connectivity index (χ2v) is 4.75. The highest BCUT2D eigenvalue weighted by molar-refractivity contribution is 6.01. The molecule has 8 nitrogen and oxygen atoms in total. The number of nitro benzene ring substituents is 1. The smallest absolute Gasteiger partial charge is 0.270 e. The molecule has 3 rings (SSSR count). The van der Waals surface area contributed by atoms with Gasteiger partial charge in [0, 0.05) is 17.7 Å². The van der Waals surface area contributed by atoms with E-state index in [1.54, 1.807) is 6.07 Å². The first kappa shape index (κ1) is 13.1. The molecular formula is C13H12N4O4. The van der Waals surface area contributed by atoms with Crippen molar-refractivity contribution in [3.05, 3.63) is 45.8 Å². The van der Waals surface area contributed by atoms with Gasteiger partial charge < -0.3 is 10.4 Å². The Kier molecular flexibility index (Phi) is 3.05. The summed E-state index contributed by atoms with van der Waals surface area (Å²) in [5, 5.41) is 33.2. The lowest BCUT2D eigenvalue weighted by molar-refractivity contribution is -0.384. The van der Waals surface area contributed by atoms with Crippen molar-refractivity contribution in [2.24, 2.45) is 5.16 Å². The Bertz CT molecular complexity index is 751. The quantitative estimate of drug-likeness (QED) is 0.380. The van der Waals surface area contributed by atoms with E-state index in [2.05, 4.69) is 10.1 Å². The minimum absolute atomic E-state index is 0.0791. The number of oxime groups is 1. The van der Waals surface area contributed by atoms with Gasteiger partial charge in [-0.3, -0.25) is 10.1 Å². The van der Waals surface area contributed by atoms with E-state index in [1.165, 1.54) is 18.2 Å². The van der Waals surface area contributed by atoms with Crippen LogP contribution in [0.2, 0.25) is 0 Å². The van der Waals surface area contributed by atoms with Crippen LogP contribution in [-0.4, -0.2) is 30.8 Å². The predicted octanol–water partition coefficient (Wildman–Crippen LogP) is 2.21. The number of nitro groups is 1. The first-order valence-corrected chi connectivity index (χ1v) is 6.39. The molecule has 0 atom stereocenters. The van der Waals surface area contributed by atoms with Gasteiger partial charge in [-0.15, -0.1) is 0 Å². The number of hydrogen-bond donors (Lipinski definition) is 2. The Morgan fingerprint density at radius 3 is 2.90 bits per heavy atom. The third kappa shape index (κ3) is 2.10. The van der Waals surface area contributed by atoms with E-state index in [1.807, 2.05) is 0 Å². The molecule has 0 amide bonds. The van der Waals surface area contributed by atoms with Crippen molar-refractivity contribution in [1.29, 1.82) is 0 Å². The second-order valence-electron chi connectivity index (χ2n) is 4.75. The van der Waals surface area contributed by atoms with E-state index in [4.69, 9.17) is 5.21 Å². The molecule has 0 bridgehead atoms. The number of hydrogen-bond acceptors (Lipinski definition) is 6. The van der Waals surface area contributed by atoms with E-state index >= 15 is 0 Å². The molecule has 0 spiro atoms. The highest BCUT2D eigenvalue weighted by atomic mass is 16.6. The van der Waals surface area contributed by atoms with Crippen molar-refractivity contribution in [2.45, 2.75) is 19.3 Å². The summed E-state index contributed by atoms with van der Waals surface area (Å²) in [6.07, 6.45) is 1.93. The first-order valence-electron chi connectivity index (χ1n) is 6.39. The summed E-state index contributed by atoms with van der Waals surface area (Å²) in [5.41, 5.74) is 1.75. The highest BCUT2D eigenvalue weighted by Crippen LogP contribution is 2.28. The van der Waals surface area contributed by atoms with Crippen molar-refractivity contribution in [3.63, 3.8) is 0 Å². The molecule has 2 N–H and O–H groups in total. The first-order chi connectivity index (χ1) is 10.1. The Labute approximate surface area is 119 Å². The number of aromatic nitrogens is 2. The SMILES string of the molecule is O=[N+]([O-])c1cccc(-c2nc3c(n2O)CCC/C3=N\O)c1. The minimum atomic E-state index is -0.505. The Morgan fingerprint density at radius 1 is 1.38 bits per heavy atom. The standard InChI is InChI=1S/C13H12N4O4/c18-15-10-5-2-6-11-12(10)14-13(16(11)19)8-3-1-4-9(7-8)17(20)21/h1,3-4,7,18-19H,2,5-6H2/b15-10+. The third-order valence-electron chi connectivity index (χ3n) is 3.48. The van der Waals surface area contributed by atoms with Crippen LogP contribution in [0.1, 0.15) is 24.2 Å². The maximum Gasteiger partial charge on any atom is 0.270 e. The van der Waals surface area contributed by atoms with Crippen LogP contribution in [0.25, 0.3) is 11.4 Å². The van der Waals surface area contributed by atoms with E-state index in [-0.39, 0.29) is 11.5 Å². The van der Waals surface area contributed by atoms with Gasteiger partial charge in [0.25, 0.3) is 5.69 Å². The number of benzene rings is 1. The third-order valence-corrected chi connectivity index (χ3v) is 3.48. The Hall–Kier alpha value is -2.90. The number of imidazole rings is 1. The fourth-order valence-electron chi connectivity index (χ4n) is 2.49. The molecule has 1 aliphatic rings. The summed E-state index contributed by atoms with van der Waals surface area (Å²) in [6.45, 7) is 0. The van der Waals surface area contributed by atoms with Crippen LogP contribution in [0.5, 0.6) is 0 Å². The van der Waals surface area contributed by atoms with Crippen LogP contribution in [0.4, 0.5) is 5.69 Å². The van der Waals surface area contributed by atoms with Gasteiger partial charge in [-0.2, -0.15) is 4.73 Å². The molecule has 2 aromatic rings. The summed E-state index contributed by atoms with van der Waals surface area (Å²) in [7, 11) is 0. The summed E-state index contributed by atoms with van der Waals surface area (Å²) in [6, 6.07) is 5.87. The largest absolute Gasteiger partial charge is 0.427 e. The maximum absolute atomic E-state index is 10.8. The zero-order chi connectivity index (χ0) is 15.0. The van der Waals surface area contributed by atoms with Crippen LogP contribution in [-0.2, 0) is 6.42 Å². The second kappa shape index (κ2) is 4.89. The fourth-order valence-corrected chi connectivity index (χ4v) is 2.49. The van der Waals surface area contributed by atoms with Crippen molar-refractivity contribution in [3.8, 4) is 11.4 Å². The summed E-state index contributed by atoms with van der Waals surface area (Å²) >= 11 is 0. The molecule has 0 saturated carbocycles. The Balaban J connectivity index is 2.14. The van der Waals surface area contributed by atoms with Crippen LogP contribution in [0, 0.1) is 10.1 Å². The summed E-state index contributed by atoms with van der Waals surface area (Å²) in [4.78, 5) is 14.6. The van der Waals surface area contributed by atoms with E-state index in [9.17, 15) is 15.3 Å². The van der Waals surface area contributed by atoms with Gasteiger partial charge in [0.05, 0.1) is 10.6 Å². The minimum Gasteiger partial charge on any atom is -0.427 e. The maximum atomic E-state index is 10.8. The van der Waals surface area contributed by atoms with Crippen LogP contribution in [0.15, 0.2) is 29.4 Å². The molecular weight excluding hydrogens is 276 g/mol. The molecule has 1 aliphatic carbocycles. The monoisotopic (exact) mass is 288 g/mol. The van der Waals surface area contributed by atoms with E-state index in [0.29, 0.717) is 35.5 Å². The van der Waals surface area contributed by atoms with Gasteiger partial charge in [-0.1, -0.05) is 17.3 Å². The molecule has 1 aromatic heterocycles. The zero-order valence-electron chi connectivity index (χ0n) is 10.9. The predicted molar refractivity (Wildman–Crippen MR) is 72.8 cm³/mol. The van der Waals surface area contributed by atoms with Crippen molar-refractivity contribution < 1.29 is 15.3 Å². The number of fused-ring (bicyclic) bond motifs is 1. The molecule has 0 unspecified atom stereocenters. The van der Waals surface area contributed by atoms with Gasteiger partial charge in [-0.05, 0) is 19.3 Å². The van der Waals surface area contributed by atoms with Gasteiger partial charge in [0.2, 0.25) is 0 Å². The lowest BCUT2D eigenvalue weighted by Gasteiger charge is -2.11. The van der Waals surface area contributed by atoms with E-state index in [0.717, 1.165) is 11.2 Å². The van der Waals surface area contributed by atoms with Gasteiger partial charge in [0.1, 0.15) is 11.4 Å². The molecule has 21 heavy (non-hydrogen) atoms. The fraction of sp³-hybridized carbons (Fsp3) is 0.231. The van der Waals surface area contributed by atoms with Crippen LogP contribution in [0.3, 0.4) is 0 Å².